The van der Waals surface area contributed by atoms with Crippen LogP contribution in [0.1, 0.15) is 12.0 Å². The number of hydrogen-bond acceptors (Lipinski definition) is 4. The van der Waals surface area contributed by atoms with Gasteiger partial charge in [0.25, 0.3) is 0 Å². The predicted octanol–water partition coefficient (Wildman–Crippen LogP) is 2.67. The minimum Gasteiger partial charge on any atom is -0.472 e. The van der Waals surface area contributed by atoms with Crippen LogP contribution in [0.5, 0.6) is 5.88 Å². The summed E-state index contributed by atoms with van der Waals surface area (Å²) in [6.45, 7) is 5.15. The van der Waals surface area contributed by atoms with Gasteiger partial charge in [0.2, 0.25) is 5.88 Å². The molecule has 1 unspecified atom stereocenters. The van der Waals surface area contributed by atoms with Crippen LogP contribution < -0.4 is 4.74 Å². The number of fused-ring (bicyclic) bond motifs is 2. The molecular weight excluding hydrogens is 281 g/mol. The van der Waals surface area contributed by atoms with Crippen LogP contribution in [-0.2, 0) is 0 Å². The Balaban J connectivity index is 1.51. The molecule has 3 heterocycles. The summed E-state index contributed by atoms with van der Waals surface area (Å²) in [4.78, 5) is 2.42. The number of rotatable bonds is 3. The van der Waals surface area contributed by atoms with Crippen molar-refractivity contribution in [3.05, 3.63) is 41.7 Å². The minimum absolute atomic E-state index is 0.213. The molecule has 0 amide bonds. The van der Waals surface area contributed by atoms with E-state index < -0.39 is 0 Å². The number of aromatic nitrogens is 2. The topological polar surface area (TPSA) is 38.2 Å². The van der Waals surface area contributed by atoms with E-state index in [1.807, 2.05) is 13.0 Å². The maximum Gasteiger partial charge on any atom is 0.233 e. The van der Waals surface area contributed by atoms with Crippen molar-refractivity contribution in [2.45, 2.75) is 19.4 Å². The molecule has 2 saturated heterocycles. The van der Waals surface area contributed by atoms with Crippen molar-refractivity contribution in [2.24, 2.45) is 5.92 Å². The van der Waals surface area contributed by atoms with E-state index in [0.29, 0.717) is 23.1 Å². The Morgan fingerprint density at radius 3 is 2.73 bits per heavy atom. The predicted molar refractivity (Wildman–Crippen MR) is 81.1 cm³/mol. The fraction of sp³-hybridized carbons (Fsp3) is 0.412. The zero-order chi connectivity index (χ0) is 15.1. The highest BCUT2D eigenvalue weighted by molar-refractivity contribution is 5.59. The number of aryl methyl sites for hydroxylation is 1. The second kappa shape index (κ2) is 5.32. The van der Waals surface area contributed by atoms with Crippen LogP contribution in [0.2, 0.25) is 0 Å². The summed E-state index contributed by atoms with van der Waals surface area (Å²) in [5, 5.41) is 8.22. The summed E-state index contributed by atoms with van der Waals surface area (Å²) in [6.07, 6.45) is 1.41. The maximum atomic E-state index is 14.0. The third-order valence-corrected chi connectivity index (χ3v) is 4.59. The SMILES string of the molecule is Cc1ccc(-c2ccc(O[C@H]3CN4CC[C@H]3C4)nn2)c(F)c1. The molecule has 4 rings (SSSR count). The van der Waals surface area contributed by atoms with Crippen molar-refractivity contribution in [3.8, 4) is 17.1 Å². The fourth-order valence-electron chi connectivity index (χ4n) is 3.38. The quantitative estimate of drug-likeness (QED) is 0.873. The number of halogens is 1. The van der Waals surface area contributed by atoms with Gasteiger partial charge in [-0.05, 0) is 43.7 Å². The molecular formula is C17H18FN3O. The molecule has 0 saturated carbocycles. The third kappa shape index (κ3) is 2.46. The monoisotopic (exact) mass is 299 g/mol. The van der Waals surface area contributed by atoms with Crippen molar-refractivity contribution in [1.82, 2.24) is 15.1 Å². The van der Waals surface area contributed by atoms with Gasteiger partial charge in [0.15, 0.2) is 0 Å². The first kappa shape index (κ1) is 13.6. The summed E-state index contributed by atoms with van der Waals surface area (Å²) in [6, 6.07) is 8.66. The van der Waals surface area contributed by atoms with Crippen molar-refractivity contribution in [1.29, 1.82) is 0 Å². The highest BCUT2D eigenvalue weighted by Crippen LogP contribution is 2.30. The van der Waals surface area contributed by atoms with Gasteiger partial charge in [-0.15, -0.1) is 10.2 Å². The van der Waals surface area contributed by atoms with E-state index in [9.17, 15) is 4.39 Å². The molecule has 4 nitrogen and oxygen atoms in total. The molecule has 1 aromatic carbocycles. The van der Waals surface area contributed by atoms with Crippen LogP contribution in [0.4, 0.5) is 4.39 Å². The number of ether oxygens (including phenoxy) is 1. The molecule has 2 bridgehead atoms. The van der Waals surface area contributed by atoms with Crippen molar-refractivity contribution in [3.63, 3.8) is 0 Å². The lowest BCUT2D eigenvalue weighted by Gasteiger charge is -2.22. The van der Waals surface area contributed by atoms with E-state index in [4.69, 9.17) is 4.74 Å². The molecule has 2 aliphatic heterocycles. The zero-order valence-corrected chi connectivity index (χ0v) is 12.5. The molecule has 0 radical (unpaired) electrons. The van der Waals surface area contributed by atoms with E-state index in [0.717, 1.165) is 18.7 Å². The molecule has 1 aromatic heterocycles. The molecule has 3 atom stereocenters. The van der Waals surface area contributed by atoms with E-state index in [1.54, 1.807) is 18.2 Å². The standard InChI is InChI=1S/C17H18FN3O/c1-11-2-3-13(14(18)8-11)15-4-5-17(20-19-15)22-16-10-21-7-6-12(16)9-21/h2-5,8,12,16H,6-7,9-10H2,1H3/t12-,16-/m0/s1. The molecule has 22 heavy (non-hydrogen) atoms. The lowest BCUT2D eigenvalue weighted by Crippen LogP contribution is -2.32. The van der Waals surface area contributed by atoms with Crippen molar-refractivity contribution in [2.75, 3.05) is 19.6 Å². The third-order valence-electron chi connectivity index (χ3n) is 4.59. The molecule has 2 aromatic rings. The molecule has 0 aliphatic carbocycles. The second-order valence-electron chi connectivity index (χ2n) is 6.20. The van der Waals surface area contributed by atoms with Crippen LogP contribution >= 0.6 is 0 Å². The Morgan fingerprint density at radius 1 is 1.18 bits per heavy atom. The molecule has 114 valence electrons. The zero-order valence-electron chi connectivity index (χ0n) is 12.5. The first-order valence-electron chi connectivity index (χ1n) is 7.68. The Labute approximate surface area is 128 Å². The first-order chi connectivity index (χ1) is 10.7. The van der Waals surface area contributed by atoms with Gasteiger partial charge >= 0.3 is 0 Å². The van der Waals surface area contributed by atoms with E-state index in [-0.39, 0.29) is 11.9 Å². The Morgan fingerprint density at radius 2 is 2.09 bits per heavy atom. The van der Waals surface area contributed by atoms with Gasteiger partial charge in [-0.3, -0.25) is 4.90 Å². The number of hydrogen-bond donors (Lipinski definition) is 0. The molecule has 0 N–H and O–H groups in total. The number of nitrogens with zero attached hydrogens (tertiary/aromatic N) is 3. The summed E-state index contributed by atoms with van der Waals surface area (Å²) < 4.78 is 19.9. The average Bonchev–Trinajstić information content (AvgIpc) is 3.11. The Bertz CT molecular complexity index is 689. The van der Waals surface area contributed by atoms with Crippen LogP contribution in [0.3, 0.4) is 0 Å². The van der Waals surface area contributed by atoms with Gasteiger partial charge in [0.1, 0.15) is 11.9 Å². The van der Waals surface area contributed by atoms with Crippen LogP contribution in [-0.4, -0.2) is 40.8 Å². The Hall–Kier alpha value is -2.01. The van der Waals surface area contributed by atoms with Crippen LogP contribution in [0, 0.1) is 18.7 Å². The number of benzene rings is 1. The van der Waals surface area contributed by atoms with Crippen LogP contribution in [0.15, 0.2) is 30.3 Å². The van der Waals surface area contributed by atoms with Gasteiger partial charge in [0.05, 0.1) is 5.69 Å². The fourth-order valence-corrected chi connectivity index (χ4v) is 3.38. The van der Waals surface area contributed by atoms with Crippen molar-refractivity contribution < 1.29 is 9.13 Å². The molecule has 5 heteroatoms. The maximum absolute atomic E-state index is 14.0. The van der Waals surface area contributed by atoms with E-state index in [1.165, 1.54) is 19.0 Å². The number of piperidine rings is 1. The normalized spacial score (nSPS) is 26.4. The minimum atomic E-state index is -0.274. The highest BCUT2D eigenvalue weighted by atomic mass is 19.1. The van der Waals surface area contributed by atoms with E-state index >= 15 is 0 Å². The summed E-state index contributed by atoms with van der Waals surface area (Å²) in [7, 11) is 0. The molecule has 0 spiro atoms. The summed E-state index contributed by atoms with van der Waals surface area (Å²) in [5.41, 5.74) is 1.89. The largest absolute Gasteiger partial charge is 0.472 e. The highest BCUT2D eigenvalue weighted by Gasteiger charge is 2.39. The Kier molecular flexibility index (Phi) is 3.30. The summed E-state index contributed by atoms with van der Waals surface area (Å²) >= 11 is 0. The van der Waals surface area contributed by atoms with Crippen LogP contribution in [0.25, 0.3) is 11.3 Å². The lowest BCUT2D eigenvalue weighted by atomic mass is 10.0. The van der Waals surface area contributed by atoms with Gasteiger partial charge in [-0.2, -0.15) is 0 Å². The van der Waals surface area contributed by atoms with Gasteiger partial charge in [-0.1, -0.05) is 6.07 Å². The smallest absolute Gasteiger partial charge is 0.233 e. The van der Waals surface area contributed by atoms with Crippen molar-refractivity contribution >= 4 is 0 Å². The van der Waals surface area contributed by atoms with Gasteiger partial charge in [0, 0.05) is 30.6 Å². The lowest BCUT2D eigenvalue weighted by molar-refractivity contribution is 0.134. The average molecular weight is 299 g/mol. The molecule has 2 fully saturated rings. The first-order valence-corrected chi connectivity index (χ1v) is 7.68. The van der Waals surface area contributed by atoms with E-state index in [2.05, 4.69) is 15.1 Å². The summed E-state index contributed by atoms with van der Waals surface area (Å²) in [5.74, 6) is 0.856. The molecule has 2 aliphatic rings. The second-order valence-corrected chi connectivity index (χ2v) is 6.20. The van der Waals surface area contributed by atoms with Gasteiger partial charge < -0.3 is 4.74 Å². The van der Waals surface area contributed by atoms with Gasteiger partial charge in [-0.25, -0.2) is 4.39 Å².